The molecule has 172 valence electrons. The topological polar surface area (TPSA) is 52.9 Å². The quantitative estimate of drug-likeness (QED) is 0.312. The number of hydrogen-bond donors (Lipinski definition) is 2. The van der Waals surface area contributed by atoms with Crippen LogP contribution >= 0.6 is 0 Å². The zero-order valence-corrected chi connectivity index (χ0v) is 19.8. The number of rotatable bonds is 6. The predicted octanol–water partition coefficient (Wildman–Crippen LogP) is 5.22. The molecule has 0 aliphatic heterocycles. The molecule has 0 bridgehead atoms. The Hall–Kier alpha value is -3.64. The van der Waals surface area contributed by atoms with E-state index >= 15 is 0 Å². The van der Waals surface area contributed by atoms with Crippen molar-refractivity contribution < 1.29 is 14.7 Å². The second-order valence-corrected chi connectivity index (χ2v) is 8.16. The van der Waals surface area contributed by atoms with Crippen molar-refractivity contribution in [2.75, 3.05) is 21.1 Å². The minimum atomic E-state index is -1.84. The van der Waals surface area contributed by atoms with Crippen LogP contribution in [0.15, 0.2) is 115 Å². The first-order valence-electron chi connectivity index (χ1n) is 11.1. The van der Waals surface area contributed by atoms with Crippen LogP contribution in [-0.4, -0.2) is 43.4 Å². The molecule has 0 radical (unpaired) electrons. The van der Waals surface area contributed by atoms with Crippen LogP contribution in [0.3, 0.4) is 0 Å². The molecule has 0 saturated heterocycles. The lowest BCUT2D eigenvalue weighted by atomic mass is 9.86. The standard InChI is InChI=1S/C26H21BO3.C3H9N/c28-27(29)30-24-18-16-23(17-19-24)26(22-14-8-3-9-15-22)25(20-10-4-1-5-11-20)21-12-6-2-7-13-21;1-4(2)3/h1-19,28-29H;1-3H3. The van der Waals surface area contributed by atoms with Gasteiger partial charge in [0.1, 0.15) is 5.75 Å². The molecule has 0 amide bonds. The Balaban J connectivity index is 0.000000751. The predicted molar refractivity (Wildman–Crippen MR) is 141 cm³/mol. The van der Waals surface area contributed by atoms with Gasteiger partial charge in [-0.25, -0.2) is 0 Å². The van der Waals surface area contributed by atoms with E-state index in [9.17, 15) is 0 Å². The van der Waals surface area contributed by atoms with Crippen LogP contribution in [0.25, 0.3) is 11.1 Å². The normalized spacial score (nSPS) is 10.2. The SMILES string of the molecule is CN(C)C.OB(O)Oc1ccc(C(=C(c2ccccc2)c2ccccc2)c2ccccc2)cc1. The van der Waals surface area contributed by atoms with Crippen molar-refractivity contribution in [2.45, 2.75) is 0 Å². The maximum Gasteiger partial charge on any atom is 0.707 e. The van der Waals surface area contributed by atoms with Gasteiger partial charge >= 0.3 is 7.32 Å². The molecular weight excluding hydrogens is 421 g/mol. The average molecular weight is 451 g/mol. The highest BCUT2D eigenvalue weighted by molar-refractivity contribution is 6.33. The molecule has 0 heterocycles. The van der Waals surface area contributed by atoms with Crippen LogP contribution in [0.5, 0.6) is 5.75 Å². The maximum atomic E-state index is 9.07. The van der Waals surface area contributed by atoms with Crippen molar-refractivity contribution in [3.63, 3.8) is 0 Å². The first-order chi connectivity index (χ1) is 16.5. The smallest absolute Gasteiger partial charge is 0.512 e. The summed E-state index contributed by atoms with van der Waals surface area (Å²) in [6, 6.07) is 38.3. The molecule has 0 atom stereocenters. The van der Waals surface area contributed by atoms with E-state index in [1.54, 1.807) is 12.1 Å². The molecule has 4 aromatic rings. The Bertz CT molecular complexity index is 1120. The van der Waals surface area contributed by atoms with Gasteiger partial charge in [-0.2, -0.15) is 0 Å². The Morgan fingerprint density at radius 3 is 1.12 bits per heavy atom. The zero-order valence-electron chi connectivity index (χ0n) is 19.8. The first kappa shape index (κ1) is 25.0. The molecule has 0 saturated carbocycles. The van der Waals surface area contributed by atoms with Gasteiger partial charge in [-0.3, -0.25) is 0 Å². The fourth-order valence-corrected chi connectivity index (χ4v) is 3.55. The summed E-state index contributed by atoms with van der Waals surface area (Å²) in [4.78, 5) is 2.00. The summed E-state index contributed by atoms with van der Waals surface area (Å²) in [5.41, 5.74) is 6.55. The van der Waals surface area contributed by atoms with Gasteiger partial charge in [-0.1, -0.05) is 103 Å². The fraction of sp³-hybridized carbons (Fsp3) is 0.103. The van der Waals surface area contributed by atoms with Crippen molar-refractivity contribution in [3.05, 3.63) is 138 Å². The Morgan fingerprint density at radius 2 is 0.824 bits per heavy atom. The lowest BCUT2D eigenvalue weighted by Crippen LogP contribution is -2.20. The van der Waals surface area contributed by atoms with E-state index in [2.05, 4.69) is 36.4 Å². The number of benzene rings is 4. The van der Waals surface area contributed by atoms with E-state index in [0.717, 1.165) is 33.4 Å². The van der Waals surface area contributed by atoms with Gasteiger partial charge in [0.2, 0.25) is 0 Å². The van der Waals surface area contributed by atoms with E-state index in [4.69, 9.17) is 14.7 Å². The Kier molecular flexibility index (Phi) is 9.24. The molecule has 34 heavy (non-hydrogen) atoms. The summed E-state index contributed by atoms with van der Waals surface area (Å²) < 4.78 is 4.98. The van der Waals surface area contributed by atoms with Gasteiger partial charge in [0.05, 0.1) is 0 Å². The van der Waals surface area contributed by atoms with Crippen molar-refractivity contribution >= 4 is 18.5 Å². The third-order valence-electron chi connectivity index (χ3n) is 4.82. The van der Waals surface area contributed by atoms with E-state index in [1.807, 2.05) is 92.8 Å². The molecule has 0 aliphatic carbocycles. The molecule has 0 aromatic heterocycles. The third-order valence-corrected chi connectivity index (χ3v) is 4.82. The van der Waals surface area contributed by atoms with E-state index in [1.165, 1.54) is 0 Å². The lowest BCUT2D eigenvalue weighted by Gasteiger charge is -2.18. The molecule has 0 unspecified atom stereocenters. The van der Waals surface area contributed by atoms with Crippen LogP contribution in [0, 0.1) is 0 Å². The number of nitrogens with zero attached hydrogens (tertiary/aromatic N) is 1. The summed E-state index contributed by atoms with van der Waals surface area (Å²) in [7, 11) is 4.16. The van der Waals surface area contributed by atoms with Gasteiger partial charge in [0.25, 0.3) is 0 Å². The van der Waals surface area contributed by atoms with Crippen LogP contribution in [0.1, 0.15) is 22.3 Å². The molecule has 4 aromatic carbocycles. The Morgan fingerprint density at radius 1 is 0.529 bits per heavy atom. The largest absolute Gasteiger partial charge is 0.707 e. The minimum Gasteiger partial charge on any atom is -0.512 e. The fourth-order valence-electron chi connectivity index (χ4n) is 3.55. The number of hydrogen-bond acceptors (Lipinski definition) is 4. The second-order valence-electron chi connectivity index (χ2n) is 8.16. The summed E-state index contributed by atoms with van der Waals surface area (Å²) in [6.45, 7) is 0. The van der Waals surface area contributed by atoms with Crippen molar-refractivity contribution in [1.29, 1.82) is 0 Å². The van der Waals surface area contributed by atoms with Crippen molar-refractivity contribution in [2.24, 2.45) is 0 Å². The summed E-state index contributed by atoms with van der Waals surface area (Å²) >= 11 is 0. The highest BCUT2D eigenvalue weighted by Crippen LogP contribution is 2.37. The van der Waals surface area contributed by atoms with Crippen molar-refractivity contribution in [1.82, 2.24) is 4.90 Å². The molecule has 2 N–H and O–H groups in total. The van der Waals surface area contributed by atoms with Gasteiger partial charge in [-0.05, 0) is 66.7 Å². The molecular formula is C29H30BNO3. The van der Waals surface area contributed by atoms with Gasteiger partial charge < -0.3 is 19.6 Å². The highest BCUT2D eigenvalue weighted by Gasteiger charge is 2.17. The van der Waals surface area contributed by atoms with Crippen LogP contribution in [0.2, 0.25) is 0 Å². The maximum absolute atomic E-state index is 9.07. The van der Waals surface area contributed by atoms with E-state index in [0.29, 0.717) is 5.75 Å². The molecule has 5 heteroatoms. The van der Waals surface area contributed by atoms with Gasteiger partial charge in [0.15, 0.2) is 0 Å². The summed E-state index contributed by atoms with van der Waals surface area (Å²) in [5.74, 6) is 0.391. The lowest BCUT2D eigenvalue weighted by molar-refractivity contribution is 0.288. The summed E-state index contributed by atoms with van der Waals surface area (Å²) in [5, 5.41) is 18.1. The summed E-state index contributed by atoms with van der Waals surface area (Å²) in [6.07, 6.45) is 0. The average Bonchev–Trinajstić information content (AvgIpc) is 2.84. The zero-order chi connectivity index (χ0) is 24.3. The first-order valence-corrected chi connectivity index (χ1v) is 11.1. The van der Waals surface area contributed by atoms with E-state index < -0.39 is 7.32 Å². The monoisotopic (exact) mass is 451 g/mol. The second kappa shape index (κ2) is 12.6. The van der Waals surface area contributed by atoms with Gasteiger partial charge in [0, 0.05) is 0 Å². The molecule has 0 fully saturated rings. The van der Waals surface area contributed by atoms with E-state index in [-0.39, 0.29) is 0 Å². The van der Waals surface area contributed by atoms with Crippen molar-refractivity contribution in [3.8, 4) is 5.75 Å². The minimum absolute atomic E-state index is 0.391. The van der Waals surface area contributed by atoms with Crippen LogP contribution in [-0.2, 0) is 0 Å². The molecule has 4 nitrogen and oxygen atoms in total. The van der Waals surface area contributed by atoms with Crippen LogP contribution in [0.4, 0.5) is 0 Å². The third kappa shape index (κ3) is 7.19. The molecule has 0 spiro atoms. The molecule has 4 rings (SSSR count). The van der Waals surface area contributed by atoms with Crippen LogP contribution < -0.4 is 4.65 Å². The molecule has 0 aliphatic rings. The highest BCUT2D eigenvalue weighted by atomic mass is 16.6. The van der Waals surface area contributed by atoms with Gasteiger partial charge in [-0.15, -0.1) is 0 Å². The Labute approximate surface area is 202 Å².